The molecule has 1 amide bonds. The highest BCUT2D eigenvalue weighted by Crippen LogP contribution is 2.04. The average Bonchev–Trinajstić information content (AvgIpc) is 2.04. The number of carbonyl (C=O) groups is 1. The third-order valence-corrected chi connectivity index (χ3v) is 1.70. The van der Waals surface area contributed by atoms with E-state index in [1.165, 1.54) is 25.7 Å². The maximum Gasteiger partial charge on any atom is 0.220 e. The van der Waals surface area contributed by atoms with Crippen molar-refractivity contribution in [3.8, 4) is 0 Å². The Kier molecular flexibility index (Phi) is 7.21. The predicted molar refractivity (Wildman–Crippen MR) is 46.9 cm³/mol. The van der Waals surface area contributed by atoms with Gasteiger partial charge in [0.15, 0.2) is 0 Å². The van der Waals surface area contributed by atoms with Gasteiger partial charge in [-0.1, -0.05) is 32.6 Å². The van der Waals surface area contributed by atoms with Gasteiger partial charge in [-0.15, -0.1) is 0 Å². The fourth-order valence-electron chi connectivity index (χ4n) is 0.977. The molecule has 0 atom stereocenters. The molecule has 0 aromatic heterocycles. The van der Waals surface area contributed by atoms with Gasteiger partial charge in [0.1, 0.15) is 0 Å². The molecule has 0 fully saturated rings. The second-order valence-electron chi connectivity index (χ2n) is 2.76. The summed E-state index contributed by atoms with van der Waals surface area (Å²) in [6.45, 7) is 2.18. The van der Waals surface area contributed by atoms with E-state index in [4.69, 9.17) is 0 Å². The Bertz CT molecular complexity index is 102. The molecule has 0 aliphatic carbocycles. The van der Waals surface area contributed by atoms with Gasteiger partial charge in [-0.05, 0) is 6.42 Å². The van der Waals surface area contributed by atoms with E-state index in [0.29, 0.717) is 6.42 Å². The van der Waals surface area contributed by atoms with Crippen LogP contribution < -0.4 is 5.32 Å². The van der Waals surface area contributed by atoms with Crippen LogP contribution in [-0.2, 0) is 4.79 Å². The zero-order valence-electron chi connectivity index (χ0n) is 7.36. The normalized spacial score (nSPS) is 9.64. The lowest BCUT2D eigenvalue weighted by molar-refractivity contribution is -0.120. The monoisotopic (exact) mass is 156 g/mol. The molecule has 0 aromatic rings. The highest BCUT2D eigenvalue weighted by molar-refractivity contribution is 5.75. The molecule has 0 unspecified atom stereocenters. The number of amides is 1. The third-order valence-electron chi connectivity index (χ3n) is 1.70. The van der Waals surface area contributed by atoms with Crippen molar-refractivity contribution < 1.29 is 4.79 Å². The second kappa shape index (κ2) is 7.58. The first-order valence-corrected chi connectivity index (χ1v) is 4.37. The van der Waals surface area contributed by atoms with E-state index in [0.717, 1.165) is 6.42 Å². The van der Waals surface area contributed by atoms with E-state index in [2.05, 4.69) is 19.3 Å². The zero-order chi connectivity index (χ0) is 8.53. The molecule has 2 heteroatoms. The van der Waals surface area contributed by atoms with Crippen molar-refractivity contribution in [2.24, 2.45) is 0 Å². The lowest BCUT2D eigenvalue weighted by Gasteiger charge is -1.98. The number of rotatable bonds is 6. The van der Waals surface area contributed by atoms with E-state index in [1.807, 2.05) is 0 Å². The molecule has 0 aromatic carbocycles. The van der Waals surface area contributed by atoms with Crippen LogP contribution in [0.15, 0.2) is 0 Å². The van der Waals surface area contributed by atoms with Crippen LogP contribution in [-0.4, -0.2) is 5.91 Å². The van der Waals surface area contributed by atoms with Crippen LogP contribution in [0.3, 0.4) is 0 Å². The first-order chi connectivity index (χ1) is 5.31. The molecule has 2 nitrogen and oxygen atoms in total. The van der Waals surface area contributed by atoms with Gasteiger partial charge in [0.05, 0.1) is 0 Å². The zero-order valence-corrected chi connectivity index (χ0v) is 7.36. The molecule has 0 spiro atoms. The summed E-state index contributed by atoms with van der Waals surface area (Å²) in [4.78, 5) is 10.7. The van der Waals surface area contributed by atoms with E-state index >= 15 is 0 Å². The van der Waals surface area contributed by atoms with Crippen LogP contribution in [0.1, 0.15) is 45.4 Å². The fraction of sp³-hybridized carbons (Fsp3) is 0.778. The number of nitrogens with one attached hydrogen (secondary N) is 1. The molecule has 0 aliphatic heterocycles. The molecule has 0 aliphatic rings. The van der Waals surface area contributed by atoms with E-state index in [-0.39, 0.29) is 5.91 Å². The predicted octanol–water partition coefficient (Wildman–Crippen LogP) is 2.25. The fourth-order valence-corrected chi connectivity index (χ4v) is 0.977. The van der Waals surface area contributed by atoms with Gasteiger partial charge in [-0.3, -0.25) is 4.79 Å². The average molecular weight is 156 g/mol. The van der Waals surface area contributed by atoms with Crippen LogP contribution in [0.5, 0.6) is 0 Å². The minimum absolute atomic E-state index is 0.0569. The van der Waals surface area contributed by atoms with Crippen LogP contribution in [0.4, 0.5) is 0 Å². The van der Waals surface area contributed by atoms with Crippen molar-refractivity contribution in [1.29, 1.82) is 0 Å². The molecule has 1 radical (unpaired) electrons. The number of hydrogen-bond donors (Lipinski definition) is 1. The van der Waals surface area contributed by atoms with E-state index in [1.54, 1.807) is 0 Å². The van der Waals surface area contributed by atoms with Gasteiger partial charge in [-0.25, -0.2) is 0 Å². The quantitative estimate of drug-likeness (QED) is 0.587. The van der Waals surface area contributed by atoms with Crippen molar-refractivity contribution in [1.82, 2.24) is 5.32 Å². The first-order valence-electron chi connectivity index (χ1n) is 4.37. The molecule has 65 valence electrons. The number of unbranched alkanes of at least 4 members (excludes halogenated alkanes) is 4. The summed E-state index contributed by atoms with van der Waals surface area (Å²) in [6, 6.07) is 0. The van der Waals surface area contributed by atoms with E-state index < -0.39 is 0 Å². The molecular weight excluding hydrogens is 138 g/mol. The van der Waals surface area contributed by atoms with Crippen molar-refractivity contribution in [3.63, 3.8) is 0 Å². The molecule has 11 heavy (non-hydrogen) atoms. The lowest BCUT2D eigenvalue weighted by atomic mass is 10.1. The maximum absolute atomic E-state index is 10.7. The lowest BCUT2D eigenvalue weighted by Crippen LogP contribution is -2.14. The van der Waals surface area contributed by atoms with Gasteiger partial charge in [0, 0.05) is 13.5 Å². The molecule has 0 saturated heterocycles. The highest BCUT2D eigenvalue weighted by Gasteiger charge is 1.95. The summed E-state index contributed by atoms with van der Waals surface area (Å²) < 4.78 is 0. The van der Waals surface area contributed by atoms with Gasteiger partial charge in [-0.2, -0.15) is 0 Å². The molecular formula is C9H18NO. The number of hydrogen-bond acceptors (Lipinski definition) is 1. The largest absolute Gasteiger partial charge is 0.354 e. The summed E-state index contributed by atoms with van der Waals surface area (Å²) in [5.41, 5.74) is 0. The Morgan fingerprint density at radius 2 is 1.91 bits per heavy atom. The Morgan fingerprint density at radius 1 is 1.27 bits per heavy atom. The summed E-state index contributed by atoms with van der Waals surface area (Å²) in [5.74, 6) is 0.0569. The van der Waals surface area contributed by atoms with Crippen LogP contribution in [0, 0.1) is 7.05 Å². The Balaban J connectivity index is 2.95. The SMILES string of the molecule is [CH2]NC(=O)CCCCCCC. The maximum atomic E-state index is 10.7. The van der Waals surface area contributed by atoms with Crippen LogP contribution in [0.2, 0.25) is 0 Å². The van der Waals surface area contributed by atoms with E-state index in [9.17, 15) is 4.79 Å². The van der Waals surface area contributed by atoms with Gasteiger partial charge >= 0.3 is 0 Å². The summed E-state index contributed by atoms with van der Waals surface area (Å²) >= 11 is 0. The Hall–Kier alpha value is -0.530. The Labute approximate surface area is 69.4 Å². The van der Waals surface area contributed by atoms with Gasteiger partial charge < -0.3 is 5.32 Å². The topological polar surface area (TPSA) is 29.1 Å². The molecule has 0 heterocycles. The molecule has 0 bridgehead atoms. The molecule has 0 rings (SSSR count). The number of carbonyl (C=O) groups excluding carboxylic acids is 1. The van der Waals surface area contributed by atoms with Gasteiger partial charge in [0.2, 0.25) is 5.91 Å². The second-order valence-corrected chi connectivity index (χ2v) is 2.76. The highest BCUT2D eigenvalue weighted by atomic mass is 16.1. The summed E-state index contributed by atoms with van der Waals surface area (Å²) in [7, 11) is 3.30. The van der Waals surface area contributed by atoms with Gasteiger partial charge in [0.25, 0.3) is 0 Å². The van der Waals surface area contributed by atoms with Crippen molar-refractivity contribution in [2.75, 3.05) is 0 Å². The van der Waals surface area contributed by atoms with Crippen LogP contribution >= 0.6 is 0 Å². The van der Waals surface area contributed by atoms with Crippen LogP contribution in [0.25, 0.3) is 0 Å². The minimum atomic E-state index is 0.0569. The molecule has 1 N–H and O–H groups in total. The van der Waals surface area contributed by atoms with Crippen molar-refractivity contribution in [2.45, 2.75) is 45.4 Å². The smallest absolute Gasteiger partial charge is 0.220 e. The third kappa shape index (κ3) is 7.37. The summed E-state index contributed by atoms with van der Waals surface area (Å²) in [5, 5.41) is 2.37. The van der Waals surface area contributed by atoms with Crippen molar-refractivity contribution in [3.05, 3.63) is 7.05 Å². The van der Waals surface area contributed by atoms with Crippen molar-refractivity contribution >= 4 is 5.91 Å². The standard InChI is InChI=1S/C9H18NO/c1-3-4-5-6-7-8-9(11)10-2/h2-8H2,1H3,(H,10,11). The summed E-state index contributed by atoms with van der Waals surface area (Å²) in [6.07, 6.45) is 6.59. The molecule has 0 saturated carbocycles. The Morgan fingerprint density at radius 3 is 2.45 bits per heavy atom. The minimum Gasteiger partial charge on any atom is -0.354 e. The first kappa shape index (κ1) is 10.5.